The number of fused-ring (bicyclic) bond motifs is 1. The Labute approximate surface area is 173 Å². The highest BCUT2D eigenvalue weighted by molar-refractivity contribution is 7.80. The largest absolute Gasteiger partial charge is 0.434 e. The van der Waals surface area contributed by atoms with E-state index in [4.69, 9.17) is 10.2 Å². The number of oxazole rings is 1. The number of rotatable bonds is 2. The molecule has 1 amide bonds. The molecule has 1 aliphatic heterocycles. The predicted octanol–water partition coefficient (Wildman–Crippen LogP) is 4.57. The van der Waals surface area contributed by atoms with Crippen molar-refractivity contribution in [3.8, 4) is 11.5 Å². The predicted molar refractivity (Wildman–Crippen MR) is 117 cm³/mol. The van der Waals surface area contributed by atoms with E-state index in [1.54, 1.807) is 6.20 Å². The SMILES string of the molecule is Nc1ccccc1-c1nc2ncccc2o1.O=C1CCCN1c1ccc(S)cc1. The molecule has 6 nitrogen and oxygen atoms in total. The maximum Gasteiger partial charge on any atom is 0.230 e. The van der Waals surface area contributed by atoms with Gasteiger partial charge in [0.05, 0.1) is 5.56 Å². The first kappa shape index (κ1) is 19.0. The minimum absolute atomic E-state index is 0.229. The topological polar surface area (TPSA) is 85.2 Å². The number of hydrogen-bond donors (Lipinski definition) is 2. The summed E-state index contributed by atoms with van der Waals surface area (Å²) in [6.45, 7) is 0.852. The van der Waals surface area contributed by atoms with E-state index in [2.05, 4.69) is 22.6 Å². The van der Waals surface area contributed by atoms with Crippen LogP contribution in [0.1, 0.15) is 12.8 Å². The number of benzene rings is 2. The normalized spacial score (nSPS) is 13.4. The van der Waals surface area contributed by atoms with Gasteiger partial charge in [-0.15, -0.1) is 12.6 Å². The van der Waals surface area contributed by atoms with Gasteiger partial charge in [0.1, 0.15) is 0 Å². The number of amides is 1. The Kier molecular flexibility index (Phi) is 5.48. The van der Waals surface area contributed by atoms with Crippen molar-refractivity contribution in [1.29, 1.82) is 0 Å². The van der Waals surface area contributed by atoms with E-state index in [1.807, 2.05) is 65.6 Å². The van der Waals surface area contributed by atoms with Crippen LogP contribution in [0.2, 0.25) is 0 Å². The molecule has 0 spiro atoms. The second-order valence-corrected chi connectivity index (χ2v) is 7.11. The maximum atomic E-state index is 11.4. The van der Waals surface area contributed by atoms with Crippen LogP contribution < -0.4 is 10.6 Å². The van der Waals surface area contributed by atoms with Crippen LogP contribution in [-0.4, -0.2) is 22.4 Å². The molecule has 2 aromatic heterocycles. The summed E-state index contributed by atoms with van der Waals surface area (Å²) in [6.07, 6.45) is 3.34. The van der Waals surface area contributed by atoms with Crippen LogP contribution in [0.5, 0.6) is 0 Å². The molecule has 0 atom stereocenters. The van der Waals surface area contributed by atoms with Gasteiger partial charge in [-0.1, -0.05) is 12.1 Å². The van der Waals surface area contributed by atoms with E-state index in [-0.39, 0.29) is 5.91 Å². The summed E-state index contributed by atoms with van der Waals surface area (Å²) in [7, 11) is 0. The zero-order valence-corrected chi connectivity index (χ0v) is 16.5. The minimum atomic E-state index is 0.229. The van der Waals surface area contributed by atoms with E-state index in [9.17, 15) is 4.79 Å². The van der Waals surface area contributed by atoms with Gasteiger partial charge in [0, 0.05) is 35.4 Å². The van der Waals surface area contributed by atoms with Crippen LogP contribution in [0.4, 0.5) is 11.4 Å². The Morgan fingerprint density at radius 3 is 2.52 bits per heavy atom. The fourth-order valence-electron chi connectivity index (χ4n) is 3.13. The summed E-state index contributed by atoms with van der Waals surface area (Å²) >= 11 is 4.19. The maximum absolute atomic E-state index is 11.4. The van der Waals surface area contributed by atoms with Gasteiger partial charge in [0.15, 0.2) is 11.2 Å². The summed E-state index contributed by atoms with van der Waals surface area (Å²) in [5.41, 5.74) is 9.55. The van der Waals surface area contributed by atoms with E-state index >= 15 is 0 Å². The van der Waals surface area contributed by atoms with Crippen LogP contribution in [-0.2, 0) is 4.79 Å². The number of carbonyl (C=O) groups excluding carboxylic acids is 1. The number of thiol groups is 1. The Bertz CT molecular complexity index is 1110. The van der Waals surface area contributed by atoms with E-state index in [0.29, 0.717) is 29.2 Å². The molecule has 0 bridgehead atoms. The molecule has 0 unspecified atom stereocenters. The molecule has 0 radical (unpaired) electrons. The number of hydrogen-bond acceptors (Lipinski definition) is 6. The highest BCUT2D eigenvalue weighted by atomic mass is 32.1. The highest BCUT2D eigenvalue weighted by Gasteiger charge is 2.21. The van der Waals surface area contributed by atoms with Crippen molar-refractivity contribution in [3.05, 3.63) is 66.9 Å². The fraction of sp³-hybridized carbons (Fsp3) is 0.136. The van der Waals surface area contributed by atoms with E-state index in [0.717, 1.165) is 29.1 Å². The smallest absolute Gasteiger partial charge is 0.230 e. The van der Waals surface area contributed by atoms with Gasteiger partial charge >= 0.3 is 0 Å². The quantitative estimate of drug-likeness (QED) is 0.377. The first-order valence-electron chi connectivity index (χ1n) is 9.27. The zero-order valence-electron chi connectivity index (χ0n) is 15.7. The van der Waals surface area contributed by atoms with Crippen LogP contribution in [0.25, 0.3) is 22.7 Å². The van der Waals surface area contributed by atoms with Gasteiger partial charge in [-0.05, 0) is 55.0 Å². The van der Waals surface area contributed by atoms with Crippen molar-refractivity contribution in [2.45, 2.75) is 17.7 Å². The molecule has 146 valence electrons. The second kappa shape index (κ2) is 8.36. The fourth-order valence-corrected chi connectivity index (χ4v) is 3.28. The number of aromatic nitrogens is 2. The average Bonchev–Trinajstić information content (AvgIpc) is 3.35. The van der Waals surface area contributed by atoms with Crippen molar-refractivity contribution in [3.63, 3.8) is 0 Å². The molecule has 7 heteroatoms. The molecule has 3 heterocycles. The molecule has 2 aromatic carbocycles. The molecule has 4 aromatic rings. The van der Waals surface area contributed by atoms with Gasteiger partial charge in [-0.25, -0.2) is 4.98 Å². The molecule has 2 N–H and O–H groups in total. The van der Waals surface area contributed by atoms with Gasteiger partial charge < -0.3 is 15.1 Å². The van der Waals surface area contributed by atoms with Crippen molar-refractivity contribution < 1.29 is 9.21 Å². The molecular weight excluding hydrogens is 384 g/mol. The molecule has 1 aliphatic rings. The number of nitrogens with two attached hydrogens (primary N) is 1. The Morgan fingerprint density at radius 1 is 1.03 bits per heavy atom. The van der Waals surface area contributed by atoms with E-state index in [1.165, 1.54) is 0 Å². The van der Waals surface area contributed by atoms with Crippen LogP contribution in [0.15, 0.2) is 76.2 Å². The molecule has 0 aliphatic carbocycles. The number of nitrogen functional groups attached to an aromatic ring is 1. The Balaban J connectivity index is 0.000000145. The lowest BCUT2D eigenvalue weighted by molar-refractivity contribution is -0.117. The molecule has 5 rings (SSSR count). The monoisotopic (exact) mass is 404 g/mol. The van der Waals surface area contributed by atoms with Crippen LogP contribution >= 0.6 is 12.6 Å². The third-order valence-electron chi connectivity index (χ3n) is 4.59. The summed E-state index contributed by atoms with van der Waals surface area (Å²) in [6, 6.07) is 18.8. The van der Waals surface area contributed by atoms with Gasteiger partial charge in [0.25, 0.3) is 0 Å². The number of pyridine rings is 1. The Hall–Kier alpha value is -3.32. The molecule has 0 saturated carbocycles. The third-order valence-corrected chi connectivity index (χ3v) is 4.89. The molecular formula is C22H20N4O2S. The van der Waals surface area contributed by atoms with Crippen molar-refractivity contribution in [2.75, 3.05) is 17.2 Å². The number of anilines is 2. The lowest BCUT2D eigenvalue weighted by Crippen LogP contribution is -2.23. The summed E-state index contributed by atoms with van der Waals surface area (Å²) in [5, 5.41) is 0. The number of nitrogens with zero attached hydrogens (tertiary/aromatic N) is 3. The highest BCUT2D eigenvalue weighted by Crippen LogP contribution is 2.27. The summed E-state index contributed by atoms with van der Waals surface area (Å²) in [4.78, 5) is 22.5. The van der Waals surface area contributed by atoms with Crippen molar-refractivity contribution >= 4 is 41.1 Å². The lowest BCUT2D eigenvalue weighted by Gasteiger charge is -2.15. The lowest BCUT2D eigenvalue weighted by atomic mass is 10.2. The first-order valence-corrected chi connectivity index (χ1v) is 9.72. The van der Waals surface area contributed by atoms with Gasteiger partial charge in [-0.2, -0.15) is 4.98 Å². The van der Waals surface area contributed by atoms with Crippen LogP contribution in [0.3, 0.4) is 0 Å². The summed E-state index contributed by atoms with van der Waals surface area (Å²) < 4.78 is 5.58. The van der Waals surface area contributed by atoms with Gasteiger partial charge in [-0.3, -0.25) is 4.79 Å². The number of para-hydroxylation sites is 1. The van der Waals surface area contributed by atoms with Crippen molar-refractivity contribution in [1.82, 2.24) is 9.97 Å². The third kappa shape index (κ3) is 4.25. The first-order chi connectivity index (χ1) is 14.1. The van der Waals surface area contributed by atoms with Crippen LogP contribution in [0, 0.1) is 0 Å². The minimum Gasteiger partial charge on any atom is -0.434 e. The summed E-state index contributed by atoms with van der Waals surface area (Å²) in [5.74, 6) is 0.735. The van der Waals surface area contributed by atoms with Gasteiger partial charge in [0.2, 0.25) is 11.8 Å². The van der Waals surface area contributed by atoms with E-state index < -0.39 is 0 Å². The zero-order chi connectivity index (χ0) is 20.2. The Morgan fingerprint density at radius 2 is 1.83 bits per heavy atom. The number of carbonyl (C=O) groups is 1. The average molecular weight is 404 g/mol. The molecule has 1 fully saturated rings. The standard InChI is InChI=1S/C12H9N3O.C10H11NOS/c13-9-5-2-1-4-8(9)12-15-11-10(16-12)6-3-7-14-11;12-10-2-1-7-11(10)8-3-5-9(13)6-4-8/h1-7H,13H2;3-6,13H,1-2,7H2. The molecule has 29 heavy (non-hydrogen) atoms. The van der Waals surface area contributed by atoms with Crippen molar-refractivity contribution in [2.24, 2.45) is 0 Å². The second-order valence-electron chi connectivity index (χ2n) is 6.60. The molecule has 1 saturated heterocycles.